The number of likely N-dealkylation sites (N-methyl/N-ethyl adjacent to an activating group) is 1. The van der Waals surface area contributed by atoms with Gasteiger partial charge >= 0.3 is 0 Å². The summed E-state index contributed by atoms with van der Waals surface area (Å²) in [5, 5.41) is 0.403. The van der Waals surface area contributed by atoms with Gasteiger partial charge in [0, 0.05) is 31.2 Å². The molecule has 2 aromatic carbocycles. The van der Waals surface area contributed by atoms with Crippen LogP contribution in [0.2, 0.25) is 5.02 Å². The van der Waals surface area contributed by atoms with E-state index in [4.69, 9.17) is 11.6 Å². The lowest BCUT2D eigenvalue weighted by Crippen LogP contribution is -2.46. The van der Waals surface area contributed by atoms with Crippen LogP contribution in [0, 0.1) is 6.92 Å². The minimum Gasteiger partial charge on any atom is -0.367 e. The minimum atomic E-state index is -3.71. The second-order valence-corrected chi connectivity index (χ2v) is 8.54. The molecule has 3 rings (SSSR count). The maximum absolute atomic E-state index is 12.9. The molecule has 2 aromatic rings. The second kappa shape index (κ2) is 7.86. The van der Waals surface area contributed by atoms with E-state index in [2.05, 4.69) is 21.4 Å². The SMILES string of the molecule is CCN1CCN(c2ccccc2NS(=O)(=O)c2cc(Cl)ccc2C)CC1. The lowest BCUT2D eigenvalue weighted by Gasteiger charge is -2.36. The average molecular weight is 394 g/mol. The summed E-state index contributed by atoms with van der Waals surface area (Å²) in [6.45, 7) is 8.67. The summed E-state index contributed by atoms with van der Waals surface area (Å²) < 4.78 is 28.6. The van der Waals surface area contributed by atoms with E-state index in [-0.39, 0.29) is 4.90 Å². The molecule has 1 fully saturated rings. The number of nitrogens with one attached hydrogen (secondary N) is 1. The molecule has 0 bridgehead atoms. The number of benzene rings is 2. The van der Waals surface area contributed by atoms with Gasteiger partial charge in [0.05, 0.1) is 16.3 Å². The summed E-state index contributed by atoms with van der Waals surface area (Å²) in [6.07, 6.45) is 0. The summed E-state index contributed by atoms with van der Waals surface area (Å²) in [4.78, 5) is 4.82. The average Bonchev–Trinajstić information content (AvgIpc) is 2.64. The van der Waals surface area contributed by atoms with Gasteiger partial charge in [-0.25, -0.2) is 8.42 Å². The number of hydrogen-bond acceptors (Lipinski definition) is 4. The maximum atomic E-state index is 12.9. The Morgan fingerprint density at radius 3 is 2.46 bits per heavy atom. The van der Waals surface area contributed by atoms with Crippen LogP contribution in [0.1, 0.15) is 12.5 Å². The number of para-hydroxylation sites is 2. The molecule has 1 saturated heterocycles. The standard InChI is InChI=1S/C19H24ClN3O2S/c1-3-22-10-12-23(13-11-22)18-7-5-4-6-17(18)21-26(24,25)19-14-16(20)9-8-15(19)2/h4-9,14,21H,3,10-13H2,1-2H3. The summed E-state index contributed by atoms with van der Waals surface area (Å²) in [5.74, 6) is 0. The fourth-order valence-corrected chi connectivity index (χ4v) is 4.79. The summed E-state index contributed by atoms with van der Waals surface area (Å²) >= 11 is 6.00. The molecule has 5 nitrogen and oxygen atoms in total. The van der Waals surface area contributed by atoms with E-state index >= 15 is 0 Å². The molecule has 0 radical (unpaired) electrons. The molecule has 7 heteroatoms. The highest BCUT2D eigenvalue weighted by Gasteiger charge is 2.22. The van der Waals surface area contributed by atoms with Crippen molar-refractivity contribution < 1.29 is 8.42 Å². The van der Waals surface area contributed by atoms with Crippen LogP contribution < -0.4 is 9.62 Å². The molecule has 0 unspecified atom stereocenters. The molecule has 1 aliphatic rings. The molecule has 0 saturated carbocycles. The van der Waals surface area contributed by atoms with E-state index < -0.39 is 10.0 Å². The van der Waals surface area contributed by atoms with Gasteiger partial charge in [-0.1, -0.05) is 36.7 Å². The number of halogens is 1. The number of hydrogen-bond donors (Lipinski definition) is 1. The summed E-state index contributed by atoms with van der Waals surface area (Å²) in [7, 11) is -3.71. The number of rotatable bonds is 5. The van der Waals surface area contributed by atoms with E-state index in [0.717, 1.165) is 38.4 Å². The Balaban J connectivity index is 1.88. The van der Waals surface area contributed by atoms with Crippen LogP contribution in [0.15, 0.2) is 47.4 Å². The monoisotopic (exact) mass is 393 g/mol. The minimum absolute atomic E-state index is 0.204. The molecule has 0 aromatic heterocycles. The van der Waals surface area contributed by atoms with Crippen molar-refractivity contribution >= 4 is 33.0 Å². The van der Waals surface area contributed by atoms with Crippen molar-refractivity contribution in [2.24, 2.45) is 0 Å². The Bertz CT molecular complexity index is 878. The molecule has 0 spiro atoms. The Morgan fingerprint density at radius 1 is 1.08 bits per heavy atom. The van der Waals surface area contributed by atoms with Gasteiger partial charge in [0.2, 0.25) is 0 Å². The highest BCUT2D eigenvalue weighted by Crippen LogP contribution is 2.30. The normalized spacial score (nSPS) is 15.9. The predicted molar refractivity (Wildman–Crippen MR) is 108 cm³/mol. The third kappa shape index (κ3) is 4.14. The Labute approximate surface area is 160 Å². The zero-order valence-electron chi connectivity index (χ0n) is 15.1. The van der Waals surface area contributed by atoms with Crippen LogP contribution in [0.4, 0.5) is 11.4 Å². The smallest absolute Gasteiger partial charge is 0.262 e. The number of sulfonamides is 1. The number of aryl methyl sites for hydroxylation is 1. The highest BCUT2D eigenvalue weighted by atomic mass is 35.5. The molecular weight excluding hydrogens is 370 g/mol. The van der Waals surface area contributed by atoms with Crippen molar-refractivity contribution in [1.82, 2.24) is 4.90 Å². The van der Waals surface area contributed by atoms with Gasteiger partial charge in [0.25, 0.3) is 10.0 Å². The first-order valence-corrected chi connectivity index (χ1v) is 10.6. The molecule has 140 valence electrons. The van der Waals surface area contributed by atoms with Crippen molar-refractivity contribution in [3.05, 3.63) is 53.1 Å². The van der Waals surface area contributed by atoms with E-state index in [9.17, 15) is 8.42 Å². The van der Waals surface area contributed by atoms with Gasteiger partial charge in [0.1, 0.15) is 0 Å². The van der Waals surface area contributed by atoms with Crippen LogP contribution in [0.25, 0.3) is 0 Å². The maximum Gasteiger partial charge on any atom is 0.262 e. The second-order valence-electron chi connectivity index (χ2n) is 6.45. The first-order valence-electron chi connectivity index (χ1n) is 8.76. The van der Waals surface area contributed by atoms with E-state index in [1.807, 2.05) is 18.2 Å². The van der Waals surface area contributed by atoms with Gasteiger partial charge in [-0.05, 0) is 43.3 Å². The topological polar surface area (TPSA) is 52.6 Å². The molecule has 1 aliphatic heterocycles. The van der Waals surface area contributed by atoms with E-state index in [1.165, 1.54) is 6.07 Å². The van der Waals surface area contributed by atoms with Crippen molar-refractivity contribution in [3.63, 3.8) is 0 Å². The Kier molecular flexibility index (Phi) is 5.75. The lowest BCUT2D eigenvalue weighted by molar-refractivity contribution is 0.271. The Hall–Kier alpha value is -1.76. The number of nitrogens with zero attached hydrogens (tertiary/aromatic N) is 2. The zero-order valence-corrected chi connectivity index (χ0v) is 16.6. The number of piperazine rings is 1. The molecule has 1 heterocycles. The predicted octanol–water partition coefficient (Wildman–Crippen LogP) is 3.59. The first kappa shape index (κ1) is 19.0. The fourth-order valence-electron chi connectivity index (χ4n) is 3.20. The Morgan fingerprint density at radius 2 is 1.77 bits per heavy atom. The van der Waals surface area contributed by atoms with Crippen LogP contribution in [0.3, 0.4) is 0 Å². The molecular formula is C19H24ClN3O2S. The van der Waals surface area contributed by atoms with Crippen molar-refractivity contribution in [3.8, 4) is 0 Å². The first-order chi connectivity index (χ1) is 12.4. The summed E-state index contributed by atoms with van der Waals surface area (Å²) in [5.41, 5.74) is 2.17. The van der Waals surface area contributed by atoms with Gasteiger partial charge in [-0.3, -0.25) is 4.72 Å². The third-order valence-corrected chi connectivity index (χ3v) is 6.49. The van der Waals surface area contributed by atoms with Crippen molar-refractivity contribution in [1.29, 1.82) is 0 Å². The van der Waals surface area contributed by atoms with Gasteiger partial charge in [-0.15, -0.1) is 0 Å². The van der Waals surface area contributed by atoms with E-state index in [1.54, 1.807) is 25.1 Å². The van der Waals surface area contributed by atoms with Crippen LogP contribution in [-0.4, -0.2) is 46.0 Å². The molecule has 0 aliphatic carbocycles. The van der Waals surface area contributed by atoms with Crippen LogP contribution in [0.5, 0.6) is 0 Å². The van der Waals surface area contributed by atoms with Crippen molar-refractivity contribution in [2.75, 3.05) is 42.3 Å². The van der Waals surface area contributed by atoms with Crippen LogP contribution >= 0.6 is 11.6 Å². The molecule has 1 N–H and O–H groups in total. The van der Waals surface area contributed by atoms with Gasteiger partial charge in [-0.2, -0.15) is 0 Å². The lowest BCUT2D eigenvalue weighted by atomic mass is 10.2. The van der Waals surface area contributed by atoms with E-state index in [0.29, 0.717) is 16.3 Å². The number of anilines is 2. The molecule has 26 heavy (non-hydrogen) atoms. The zero-order chi connectivity index (χ0) is 18.7. The van der Waals surface area contributed by atoms with Crippen molar-refractivity contribution in [2.45, 2.75) is 18.7 Å². The largest absolute Gasteiger partial charge is 0.367 e. The third-order valence-electron chi connectivity index (χ3n) is 4.75. The van der Waals surface area contributed by atoms with Gasteiger partial charge < -0.3 is 9.80 Å². The van der Waals surface area contributed by atoms with Crippen LogP contribution in [-0.2, 0) is 10.0 Å². The molecule has 0 atom stereocenters. The molecule has 0 amide bonds. The highest BCUT2D eigenvalue weighted by molar-refractivity contribution is 7.92. The summed E-state index contributed by atoms with van der Waals surface area (Å²) in [6, 6.07) is 12.4. The van der Waals surface area contributed by atoms with Gasteiger partial charge in [0.15, 0.2) is 0 Å². The fraction of sp³-hybridized carbons (Fsp3) is 0.368. The quantitative estimate of drug-likeness (QED) is 0.843.